The van der Waals surface area contributed by atoms with Crippen LogP contribution >= 0.6 is 0 Å². The lowest BCUT2D eigenvalue weighted by Crippen LogP contribution is -2.27. The highest BCUT2D eigenvalue weighted by Gasteiger charge is 2.12. The highest BCUT2D eigenvalue weighted by atomic mass is 16.2. The Hall–Kier alpha value is -3.22. The summed E-state index contributed by atoms with van der Waals surface area (Å²) in [6, 6.07) is 8.28. The number of amides is 3. The Morgan fingerprint density at radius 3 is 2.19 bits per heavy atom. The van der Waals surface area contributed by atoms with Crippen molar-refractivity contribution in [3.63, 3.8) is 0 Å². The smallest absolute Gasteiger partial charge is 0.257 e. The molecule has 0 radical (unpaired) electrons. The SMILES string of the molecule is CC(=O)Nc1cccc(NC(=O)c2cncc(C(=O)NCC(C)C)c2)c1. The number of hydrogen-bond donors (Lipinski definition) is 3. The van der Waals surface area contributed by atoms with Gasteiger partial charge in [-0.2, -0.15) is 0 Å². The van der Waals surface area contributed by atoms with E-state index in [1.165, 1.54) is 25.4 Å². The first-order valence-electron chi connectivity index (χ1n) is 8.27. The fraction of sp³-hybridized carbons (Fsp3) is 0.263. The molecule has 0 aliphatic rings. The van der Waals surface area contributed by atoms with Crippen LogP contribution in [0.5, 0.6) is 0 Å². The molecule has 1 heterocycles. The van der Waals surface area contributed by atoms with Crippen LogP contribution in [0.1, 0.15) is 41.5 Å². The van der Waals surface area contributed by atoms with E-state index in [1.807, 2.05) is 13.8 Å². The van der Waals surface area contributed by atoms with Gasteiger partial charge in [-0.15, -0.1) is 0 Å². The van der Waals surface area contributed by atoms with Gasteiger partial charge in [0, 0.05) is 37.2 Å². The molecule has 0 atom stereocenters. The Morgan fingerprint density at radius 2 is 1.58 bits per heavy atom. The zero-order valence-corrected chi connectivity index (χ0v) is 15.0. The number of carbonyl (C=O) groups is 3. The van der Waals surface area contributed by atoms with Gasteiger partial charge in [0.05, 0.1) is 11.1 Å². The quantitative estimate of drug-likeness (QED) is 0.742. The van der Waals surface area contributed by atoms with E-state index in [2.05, 4.69) is 20.9 Å². The van der Waals surface area contributed by atoms with Crippen LogP contribution in [0.4, 0.5) is 11.4 Å². The molecule has 0 aliphatic heterocycles. The van der Waals surface area contributed by atoms with Crippen LogP contribution in [0, 0.1) is 5.92 Å². The molecular formula is C19H22N4O3. The van der Waals surface area contributed by atoms with Gasteiger partial charge < -0.3 is 16.0 Å². The first kappa shape index (κ1) is 19.1. The summed E-state index contributed by atoms with van der Waals surface area (Å²) in [5.74, 6) is -0.531. The van der Waals surface area contributed by atoms with Crippen molar-refractivity contribution < 1.29 is 14.4 Å². The molecule has 1 aromatic carbocycles. The molecule has 1 aromatic heterocycles. The van der Waals surface area contributed by atoms with Gasteiger partial charge in [0.25, 0.3) is 11.8 Å². The number of aromatic nitrogens is 1. The zero-order chi connectivity index (χ0) is 19.1. The Labute approximate surface area is 152 Å². The Bertz CT molecular complexity index is 818. The van der Waals surface area contributed by atoms with Crippen molar-refractivity contribution in [2.45, 2.75) is 20.8 Å². The van der Waals surface area contributed by atoms with E-state index in [0.717, 1.165) is 0 Å². The molecule has 0 saturated carbocycles. The molecule has 7 heteroatoms. The van der Waals surface area contributed by atoms with Gasteiger partial charge in [0.1, 0.15) is 0 Å². The van der Waals surface area contributed by atoms with E-state index in [4.69, 9.17) is 0 Å². The Balaban J connectivity index is 2.09. The summed E-state index contributed by atoms with van der Waals surface area (Å²) in [5, 5.41) is 8.17. The second-order valence-corrected chi connectivity index (χ2v) is 6.28. The van der Waals surface area contributed by atoms with Crippen molar-refractivity contribution in [3.8, 4) is 0 Å². The Morgan fingerprint density at radius 1 is 0.962 bits per heavy atom. The van der Waals surface area contributed by atoms with Crippen molar-refractivity contribution in [1.82, 2.24) is 10.3 Å². The molecule has 0 unspecified atom stereocenters. The predicted octanol–water partition coefficient (Wildman–Crippen LogP) is 2.68. The molecule has 2 rings (SSSR count). The van der Waals surface area contributed by atoms with Crippen molar-refractivity contribution >= 4 is 29.1 Å². The summed E-state index contributed by atoms with van der Waals surface area (Å²) >= 11 is 0. The molecule has 3 amide bonds. The molecular weight excluding hydrogens is 332 g/mol. The van der Waals surface area contributed by atoms with Crippen molar-refractivity contribution in [3.05, 3.63) is 53.9 Å². The number of nitrogens with one attached hydrogen (secondary N) is 3. The number of hydrogen-bond acceptors (Lipinski definition) is 4. The summed E-state index contributed by atoms with van der Waals surface area (Å²) in [7, 11) is 0. The van der Waals surface area contributed by atoms with Gasteiger partial charge >= 0.3 is 0 Å². The van der Waals surface area contributed by atoms with Gasteiger partial charge in [0.2, 0.25) is 5.91 Å². The van der Waals surface area contributed by atoms with E-state index in [0.29, 0.717) is 29.4 Å². The minimum Gasteiger partial charge on any atom is -0.352 e. The average Bonchev–Trinajstić information content (AvgIpc) is 2.59. The standard InChI is InChI=1S/C19H22N4O3/c1-12(2)9-21-18(25)14-7-15(11-20-10-14)19(26)23-17-6-4-5-16(8-17)22-13(3)24/h4-8,10-12H,9H2,1-3H3,(H,21,25)(H,22,24)(H,23,26). The summed E-state index contributed by atoms with van der Waals surface area (Å²) in [6.07, 6.45) is 2.82. The maximum absolute atomic E-state index is 12.4. The first-order chi connectivity index (χ1) is 12.3. The van der Waals surface area contributed by atoms with E-state index >= 15 is 0 Å². The number of carbonyl (C=O) groups excluding carboxylic acids is 3. The van der Waals surface area contributed by atoms with Crippen molar-refractivity contribution in [2.75, 3.05) is 17.2 Å². The summed E-state index contributed by atoms with van der Waals surface area (Å²) in [6.45, 7) is 5.95. The van der Waals surface area contributed by atoms with Gasteiger partial charge in [-0.05, 0) is 30.2 Å². The van der Waals surface area contributed by atoms with Gasteiger partial charge in [-0.25, -0.2) is 0 Å². The van der Waals surface area contributed by atoms with Crippen LogP contribution in [-0.2, 0) is 4.79 Å². The third-order valence-corrected chi connectivity index (χ3v) is 3.37. The van der Waals surface area contributed by atoms with Crippen molar-refractivity contribution in [2.24, 2.45) is 5.92 Å². The lowest BCUT2D eigenvalue weighted by atomic mass is 10.1. The fourth-order valence-electron chi connectivity index (χ4n) is 2.17. The topological polar surface area (TPSA) is 100 Å². The molecule has 26 heavy (non-hydrogen) atoms. The number of nitrogens with zero attached hydrogens (tertiary/aromatic N) is 1. The molecule has 2 aromatic rings. The third-order valence-electron chi connectivity index (χ3n) is 3.37. The van der Waals surface area contributed by atoms with E-state index in [9.17, 15) is 14.4 Å². The lowest BCUT2D eigenvalue weighted by Gasteiger charge is -2.10. The number of anilines is 2. The maximum atomic E-state index is 12.4. The summed E-state index contributed by atoms with van der Waals surface area (Å²) in [5.41, 5.74) is 1.70. The van der Waals surface area contributed by atoms with Crippen molar-refractivity contribution in [1.29, 1.82) is 0 Å². The highest BCUT2D eigenvalue weighted by Crippen LogP contribution is 2.16. The second kappa shape index (κ2) is 8.75. The minimum atomic E-state index is -0.393. The molecule has 3 N–H and O–H groups in total. The van der Waals surface area contributed by atoms with Gasteiger partial charge in [-0.3, -0.25) is 19.4 Å². The lowest BCUT2D eigenvalue weighted by molar-refractivity contribution is -0.114. The van der Waals surface area contributed by atoms with E-state index in [1.54, 1.807) is 24.3 Å². The number of benzene rings is 1. The Kier molecular flexibility index (Phi) is 6.43. The normalized spacial score (nSPS) is 10.3. The molecule has 7 nitrogen and oxygen atoms in total. The molecule has 0 spiro atoms. The van der Waals surface area contributed by atoms with E-state index in [-0.39, 0.29) is 17.4 Å². The molecule has 0 saturated heterocycles. The molecule has 136 valence electrons. The fourth-order valence-corrected chi connectivity index (χ4v) is 2.17. The van der Waals surface area contributed by atoms with Crippen LogP contribution in [0.15, 0.2) is 42.7 Å². The average molecular weight is 354 g/mol. The van der Waals surface area contributed by atoms with Crippen LogP contribution in [-0.4, -0.2) is 29.3 Å². The van der Waals surface area contributed by atoms with Crippen LogP contribution < -0.4 is 16.0 Å². The number of rotatable bonds is 6. The van der Waals surface area contributed by atoms with Crippen LogP contribution in [0.25, 0.3) is 0 Å². The molecule has 0 bridgehead atoms. The monoisotopic (exact) mass is 354 g/mol. The summed E-state index contributed by atoms with van der Waals surface area (Å²) < 4.78 is 0. The minimum absolute atomic E-state index is 0.196. The van der Waals surface area contributed by atoms with Crippen LogP contribution in [0.2, 0.25) is 0 Å². The number of pyridine rings is 1. The van der Waals surface area contributed by atoms with Gasteiger partial charge in [0.15, 0.2) is 0 Å². The largest absolute Gasteiger partial charge is 0.352 e. The molecule has 0 fully saturated rings. The predicted molar refractivity (Wildman–Crippen MR) is 100 cm³/mol. The highest BCUT2D eigenvalue weighted by molar-refractivity contribution is 6.06. The second-order valence-electron chi connectivity index (χ2n) is 6.28. The maximum Gasteiger partial charge on any atom is 0.257 e. The zero-order valence-electron chi connectivity index (χ0n) is 15.0. The first-order valence-corrected chi connectivity index (χ1v) is 8.27. The van der Waals surface area contributed by atoms with Crippen LogP contribution in [0.3, 0.4) is 0 Å². The van der Waals surface area contributed by atoms with E-state index < -0.39 is 5.91 Å². The van der Waals surface area contributed by atoms with Gasteiger partial charge in [-0.1, -0.05) is 19.9 Å². The molecule has 0 aliphatic carbocycles. The summed E-state index contributed by atoms with van der Waals surface area (Å²) in [4.78, 5) is 39.6. The third kappa shape index (κ3) is 5.70.